The average Bonchev–Trinajstić information content (AvgIpc) is 1.82. The highest BCUT2D eigenvalue weighted by atomic mass is 16.2. The number of imide groups is 1. The third kappa shape index (κ3) is 1.57. The van der Waals surface area contributed by atoms with E-state index in [-0.39, 0.29) is 17.5 Å². The minimum absolute atomic E-state index is 0.0914. The van der Waals surface area contributed by atoms with Gasteiger partial charge in [0, 0.05) is 18.5 Å². The van der Waals surface area contributed by atoms with Gasteiger partial charge in [0.25, 0.3) is 0 Å². The Hall–Kier alpha value is -1.06. The number of amides is 3. The van der Waals surface area contributed by atoms with E-state index < -0.39 is 0 Å². The van der Waals surface area contributed by atoms with E-state index in [1.165, 1.54) is 4.90 Å². The molecule has 1 N–H and O–H groups in total. The van der Waals surface area contributed by atoms with E-state index in [0.29, 0.717) is 13.0 Å². The Labute approximate surface area is 71.9 Å². The van der Waals surface area contributed by atoms with Gasteiger partial charge in [-0.05, 0) is 20.8 Å². The molecular weight excluding hydrogens is 156 g/mol. The smallest absolute Gasteiger partial charge is 0.324 e. The monoisotopic (exact) mass is 170 g/mol. The second kappa shape index (κ2) is 2.77. The summed E-state index contributed by atoms with van der Waals surface area (Å²) in [5.41, 5.74) is -0.389. The zero-order valence-corrected chi connectivity index (χ0v) is 7.68. The number of hydrogen-bond donors (Lipinski definition) is 1. The SMILES string of the molecule is CCN1C(=O)CC(C)(C)NC1=O. The number of nitrogens with one attached hydrogen (secondary N) is 1. The molecule has 1 saturated heterocycles. The highest BCUT2D eigenvalue weighted by Crippen LogP contribution is 2.16. The molecule has 0 spiro atoms. The van der Waals surface area contributed by atoms with Crippen molar-refractivity contribution in [2.75, 3.05) is 6.54 Å². The average molecular weight is 170 g/mol. The van der Waals surface area contributed by atoms with Gasteiger partial charge in [0.15, 0.2) is 0 Å². The van der Waals surface area contributed by atoms with E-state index in [2.05, 4.69) is 5.32 Å². The lowest BCUT2D eigenvalue weighted by Crippen LogP contribution is -2.59. The highest BCUT2D eigenvalue weighted by molar-refractivity contribution is 5.97. The van der Waals surface area contributed by atoms with Crippen molar-refractivity contribution in [2.45, 2.75) is 32.7 Å². The summed E-state index contributed by atoms with van der Waals surface area (Å²) in [6, 6.07) is -0.279. The standard InChI is InChI=1S/C8H14N2O2/c1-4-10-6(11)5-8(2,3)9-7(10)12/h4-5H2,1-3H3,(H,9,12). The Morgan fingerprint density at radius 2 is 2.08 bits per heavy atom. The molecule has 4 nitrogen and oxygen atoms in total. The van der Waals surface area contributed by atoms with Gasteiger partial charge in [-0.25, -0.2) is 4.79 Å². The van der Waals surface area contributed by atoms with Gasteiger partial charge in [0.2, 0.25) is 5.91 Å². The molecule has 0 aromatic heterocycles. The Morgan fingerprint density at radius 3 is 2.50 bits per heavy atom. The van der Waals surface area contributed by atoms with Crippen molar-refractivity contribution < 1.29 is 9.59 Å². The van der Waals surface area contributed by atoms with Gasteiger partial charge in [-0.15, -0.1) is 0 Å². The van der Waals surface area contributed by atoms with Gasteiger partial charge in [0.1, 0.15) is 0 Å². The fourth-order valence-electron chi connectivity index (χ4n) is 1.31. The summed E-state index contributed by atoms with van der Waals surface area (Å²) in [5.74, 6) is -0.0914. The van der Waals surface area contributed by atoms with Crippen LogP contribution in [-0.4, -0.2) is 28.9 Å². The second-order valence-corrected chi connectivity index (χ2v) is 3.63. The Balaban J connectivity index is 2.77. The maximum Gasteiger partial charge on any atom is 0.324 e. The van der Waals surface area contributed by atoms with E-state index >= 15 is 0 Å². The van der Waals surface area contributed by atoms with Crippen LogP contribution in [0.25, 0.3) is 0 Å². The molecule has 0 unspecified atom stereocenters. The summed E-state index contributed by atoms with van der Waals surface area (Å²) in [4.78, 5) is 23.8. The third-order valence-corrected chi connectivity index (χ3v) is 1.90. The van der Waals surface area contributed by atoms with Crippen LogP contribution in [0.5, 0.6) is 0 Å². The van der Waals surface area contributed by atoms with E-state index in [1.54, 1.807) is 6.92 Å². The van der Waals surface area contributed by atoms with Crippen LogP contribution in [-0.2, 0) is 4.79 Å². The van der Waals surface area contributed by atoms with E-state index in [1.807, 2.05) is 13.8 Å². The van der Waals surface area contributed by atoms with Gasteiger partial charge in [-0.3, -0.25) is 9.69 Å². The largest absolute Gasteiger partial charge is 0.332 e. The molecule has 1 rings (SSSR count). The first-order valence-corrected chi connectivity index (χ1v) is 4.09. The van der Waals surface area contributed by atoms with Gasteiger partial charge in [-0.2, -0.15) is 0 Å². The van der Waals surface area contributed by atoms with Crippen molar-refractivity contribution in [3.8, 4) is 0 Å². The lowest BCUT2D eigenvalue weighted by atomic mass is 9.98. The van der Waals surface area contributed by atoms with Crippen LogP contribution in [0.2, 0.25) is 0 Å². The van der Waals surface area contributed by atoms with Gasteiger partial charge in [0.05, 0.1) is 0 Å². The summed E-state index contributed by atoms with van der Waals surface area (Å²) >= 11 is 0. The fourth-order valence-corrected chi connectivity index (χ4v) is 1.31. The summed E-state index contributed by atoms with van der Waals surface area (Å²) in [5, 5.41) is 2.75. The maximum absolute atomic E-state index is 11.3. The molecule has 68 valence electrons. The number of nitrogens with zero attached hydrogens (tertiary/aromatic N) is 1. The van der Waals surface area contributed by atoms with Gasteiger partial charge < -0.3 is 5.32 Å². The molecule has 1 aliphatic rings. The lowest BCUT2D eigenvalue weighted by Gasteiger charge is -2.35. The summed E-state index contributed by atoms with van der Waals surface area (Å²) in [6.07, 6.45) is 0.382. The van der Waals surface area contributed by atoms with Crippen LogP contribution in [0.3, 0.4) is 0 Å². The zero-order valence-electron chi connectivity index (χ0n) is 7.68. The molecule has 0 radical (unpaired) electrons. The molecule has 0 aromatic carbocycles. The molecule has 3 amide bonds. The van der Waals surface area contributed by atoms with Gasteiger partial charge >= 0.3 is 6.03 Å². The molecule has 0 saturated carbocycles. The van der Waals surface area contributed by atoms with Crippen LogP contribution in [0.4, 0.5) is 4.79 Å². The molecule has 0 bridgehead atoms. The van der Waals surface area contributed by atoms with Crippen molar-refractivity contribution in [2.24, 2.45) is 0 Å². The summed E-state index contributed by atoms with van der Waals surface area (Å²) in [7, 11) is 0. The van der Waals surface area contributed by atoms with Crippen molar-refractivity contribution in [3.63, 3.8) is 0 Å². The quantitative estimate of drug-likeness (QED) is 0.630. The molecule has 12 heavy (non-hydrogen) atoms. The number of rotatable bonds is 1. The van der Waals surface area contributed by atoms with E-state index in [4.69, 9.17) is 0 Å². The van der Waals surface area contributed by atoms with Crippen LogP contribution >= 0.6 is 0 Å². The predicted molar refractivity (Wildman–Crippen MR) is 44.6 cm³/mol. The Kier molecular flexibility index (Phi) is 2.08. The van der Waals surface area contributed by atoms with E-state index in [9.17, 15) is 9.59 Å². The van der Waals surface area contributed by atoms with Crippen LogP contribution in [0, 0.1) is 0 Å². The maximum atomic E-state index is 11.3. The molecule has 0 aromatic rings. The highest BCUT2D eigenvalue weighted by Gasteiger charge is 2.35. The minimum Gasteiger partial charge on any atom is -0.332 e. The van der Waals surface area contributed by atoms with Crippen LogP contribution in [0.1, 0.15) is 27.2 Å². The lowest BCUT2D eigenvalue weighted by molar-refractivity contribution is -0.131. The van der Waals surface area contributed by atoms with Gasteiger partial charge in [-0.1, -0.05) is 0 Å². The molecule has 0 aliphatic carbocycles. The number of carbonyl (C=O) groups is 2. The van der Waals surface area contributed by atoms with E-state index in [0.717, 1.165) is 0 Å². The number of hydrogen-bond acceptors (Lipinski definition) is 2. The number of urea groups is 1. The van der Waals surface area contributed by atoms with Crippen LogP contribution in [0.15, 0.2) is 0 Å². The van der Waals surface area contributed by atoms with Crippen molar-refractivity contribution in [1.82, 2.24) is 10.2 Å². The molecule has 4 heteroatoms. The predicted octanol–water partition coefficient (Wildman–Crippen LogP) is 0.727. The summed E-state index contributed by atoms with van der Waals surface area (Å²) < 4.78 is 0. The zero-order chi connectivity index (χ0) is 9.35. The first kappa shape index (κ1) is 9.03. The molecule has 1 fully saturated rings. The van der Waals surface area contributed by atoms with Crippen molar-refractivity contribution in [1.29, 1.82) is 0 Å². The fraction of sp³-hybridized carbons (Fsp3) is 0.750. The first-order valence-electron chi connectivity index (χ1n) is 4.09. The van der Waals surface area contributed by atoms with Crippen molar-refractivity contribution in [3.05, 3.63) is 0 Å². The third-order valence-electron chi connectivity index (χ3n) is 1.90. The minimum atomic E-state index is -0.389. The normalized spacial score (nSPS) is 22.4. The van der Waals surface area contributed by atoms with Crippen LogP contribution < -0.4 is 5.32 Å². The number of carbonyl (C=O) groups excluding carboxylic acids is 2. The summed E-state index contributed by atoms with van der Waals surface area (Å²) in [6.45, 7) is 5.92. The molecule has 1 heterocycles. The molecule has 1 aliphatic heterocycles. The Bertz CT molecular complexity index is 203. The molecule has 0 atom stereocenters. The molecular formula is C8H14N2O2. The second-order valence-electron chi connectivity index (χ2n) is 3.63. The van der Waals surface area contributed by atoms with Crippen molar-refractivity contribution >= 4 is 11.9 Å². The Morgan fingerprint density at radius 1 is 1.50 bits per heavy atom. The topological polar surface area (TPSA) is 49.4 Å². The first-order chi connectivity index (χ1) is 5.46.